The Balaban J connectivity index is 2.66. The lowest BCUT2D eigenvalue weighted by Gasteiger charge is -2.15. The normalized spacial score (nSPS) is 12.8. The van der Waals surface area contributed by atoms with Crippen molar-refractivity contribution in [2.45, 2.75) is 6.04 Å². The van der Waals surface area contributed by atoms with Crippen LogP contribution in [0.5, 0.6) is 0 Å². The standard InChI is InChI=1S/C10H16N2/c1-11-8-10(12-2)9-6-4-3-5-7-9/h3-7,10-12H,8H2,1-2H3/t10-/m1/s1. The second-order valence-corrected chi connectivity index (χ2v) is 2.81. The SMILES string of the molecule is CNC[C@@H](NC)c1ccccc1. The van der Waals surface area contributed by atoms with E-state index in [4.69, 9.17) is 0 Å². The minimum Gasteiger partial charge on any atom is -0.318 e. The van der Waals surface area contributed by atoms with Gasteiger partial charge >= 0.3 is 0 Å². The van der Waals surface area contributed by atoms with Crippen molar-refractivity contribution in [1.82, 2.24) is 10.6 Å². The van der Waals surface area contributed by atoms with Gasteiger partial charge in [-0.2, -0.15) is 0 Å². The predicted octanol–water partition coefficient (Wildman–Crippen LogP) is 1.17. The smallest absolute Gasteiger partial charge is 0.0444 e. The number of hydrogen-bond donors (Lipinski definition) is 2. The lowest BCUT2D eigenvalue weighted by Crippen LogP contribution is -2.27. The van der Waals surface area contributed by atoms with Gasteiger partial charge in [0.05, 0.1) is 0 Å². The summed E-state index contributed by atoms with van der Waals surface area (Å²) in [5.41, 5.74) is 1.33. The van der Waals surface area contributed by atoms with Crippen molar-refractivity contribution in [3.8, 4) is 0 Å². The minimum absolute atomic E-state index is 0.413. The molecule has 2 nitrogen and oxygen atoms in total. The average molecular weight is 164 g/mol. The third-order valence-corrected chi connectivity index (χ3v) is 1.96. The second kappa shape index (κ2) is 4.91. The molecule has 0 aliphatic rings. The Hall–Kier alpha value is -0.860. The summed E-state index contributed by atoms with van der Waals surface area (Å²) in [6, 6.07) is 10.9. The molecule has 1 aromatic rings. The maximum Gasteiger partial charge on any atom is 0.0444 e. The van der Waals surface area contributed by atoms with Gasteiger partial charge in [0.15, 0.2) is 0 Å². The van der Waals surface area contributed by atoms with Crippen LogP contribution in [0.25, 0.3) is 0 Å². The Morgan fingerprint density at radius 2 is 1.83 bits per heavy atom. The van der Waals surface area contributed by atoms with Crippen molar-refractivity contribution >= 4 is 0 Å². The summed E-state index contributed by atoms with van der Waals surface area (Å²) in [6.45, 7) is 0.959. The zero-order chi connectivity index (χ0) is 8.81. The van der Waals surface area contributed by atoms with E-state index >= 15 is 0 Å². The summed E-state index contributed by atoms with van der Waals surface area (Å²) < 4.78 is 0. The van der Waals surface area contributed by atoms with E-state index in [1.54, 1.807) is 0 Å². The van der Waals surface area contributed by atoms with E-state index in [0.29, 0.717) is 6.04 Å². The van der Waals surface area contributed by atoms with Crippen molar-refractivity contribution in [3.63, 3.8) is 0 Å². The van der Waals surface area contributed by atoms with Crippen LogP contribution in [-0.2, 0) is 0 Å². The molecule has 12 heavy (non-hydrogen) atoms. The lowest BCUT2D eigenvalue weighted by atomic mass is 10.1. The molecule has 0 fully saturated rings. The first-order valence-electron chi connectivity index (χ1n) is 4.25. The average Bonchev–Trinajstić information content (AvgIpc) is 2.15. The second-order valence-electron chi connectivity index (χ2n) is 2.81. The molecule has 0 bridgehead atoms. The zero-order valence-electron chi connectivity index (χ0n) is 7.67. The number of hydrogen-bond acceptors (Lipinski definition) is 2. The van der Waals surface area contributed by atoms with Crippen LogP contribution in [-0.4, -0.2) is 20.6 Å². The highest BCUT2D eigenvalue weighted by Crippen LogP contribution is 2.09. The highest BCUT2D eigenvalue weighted by Gasteiger charge is 2.05. The zero-order valence-corrected chi connectivity index (χ0v) is 7.67. The van der Waals surface area contributed by atoms with Gasteiger partial charge < -0.3 is 10.6 Å². The molecule has 0 aliphatic carbocycles. The van der Waals surface area contributed by atoms with Crippen molar-refractivity contribution in [3.05, 3.63) is 35.9 Å². The molecule has 2 N–H and O–H groups in total. The van der Waals surface area contributed by atoms with Crippen molar-refractivity contribution in [1.29, 1.82) is 0 Å². The molecule has 0 spiro atoms. The van der Waals surface area contributed by atoms with Crippen LogP contribution in [0.15, 0.2) is 30.3 Å². The molecule has 0 saturated carbocycles. The molecule has 0 saturated heterocycles. The van der Waals surface area contributed by atoms with Gasteiger partial charge in [-0.05, 0) is 19.7 Å². The van der Waals surface area contributed by atoms with Crippen LogP contribution < -0.4 is 10.6 Å². The first-order chi connectivity index (χ1) is 5.88. The van der Waals surface area contributed by atoms with Crippen LogP contribution in [0.2, 0.25) is 0 Å². The summed E-state index contributed by atoms with van der Waals surface area (Å²) in [6.07, 6.45) is 0. The summed E-state index contributed by atoms with van der Waals surface area (Å²) >= 11 is 0. The molecule has 0 radical (unpaired) electrons. The fourth-order valence-electron chi connectivity index (χ4n) is 1.28. The first-order valence-corrected chi connectivity index (χ1v) is 4.25. The topological polar surface area (TPSA) is 24.1 Å². The third-order valence-electron chi connectivity index (χ3n) is 1.96. The fraction of sp³-hybridized carbons (Fsp3) is 0.400. The van der Waals surface area contributed by atoms with E-state index in [9.17, 15) is 0 Å². The van der Waals surface area contributed by atoms with Crippen LogP contribution in [0, 0.1) is 0 Å². The van der Waals surface area contributed by atoms with E-state index in [1.165, 1.54) is 5.56 Å². The molecule has 1 atom stereocenters. The molecule has 0 aromatic heterocycles. The molecule has 1 aromatic carbocycles. The van der Waals surface area contributed by atoms with Gasteiger partial charge in [0.25, 0.3) is 0 Å². The van der Waals surface area contributed by atoms with Gasteiger partial charge in [0, 0.05) is 12.6 Å². The summed E-state index contributed by atoms with van der Waals surface area (Å²) in [5, 5.41) is 6.41. The van der Waals surface area contributed by atoms with Gasteiger partial charge in [-0.15, -0.1) is 0 Å². The van der Waals surface area contributed by atoms with Gasteiger partial charge in [-0.3, -0.25) is 0 Å². The van der Waals surface area contributed by atoms with E-state index in [0.717, 1.165) is 6.54 Å². The Labute approximate surface area is 74.0 Å². The van der Waals surface area contributed by atoms with Gasteiger partial charge in [0.2, 0.25) is 0 Å². The van der Waals surface area contributed by atoms with Gasteiger partial charge in [-0.1, -0.05) is 30.3 Å². The summed E-state index contributed by atoms with van der Waals surface area (Å²) in [4.78, 5) is 0. The molecular formula is C10H16N2. The monoisotopic (exact) mass is 164 g/mol. The molecular weight excluding hydrogens is 148 g/mol. The number of benzene rings is 1. The fourth-order valence-corrected chi connectivity index (χ4v) is 1.28. The number of likely N-dealkylation sites (N-methyl/N-ethyl adjacent to an activating group) is 2. The Kier molecular flexibility index (Phi) is 3.77. The Morgan fingerprint density at radius 1 is 1.17 bits per heavy atom. The molecule has 0 aliphatic heterocycles. The van der Waals surface area contributed by atoms with E-state index < -0.39 is 0 Å². The van der Waals surface area contributed by atoms with Crippen LogP contribution in [0.4, 0.5) is 0 Å². The first kappa shape index (κ1) is 9.23. The molecule has 2 heteroatoms. The Morgan fingerprint density at radius 3 is 2.33 bits per heavy atom. The van der Waals surface area contributed by atoms with Crippen LogP contribution in [0.1, 0.15) is 11.6 Å². The summed E-state index contributed by atoms with van der Waals surface area (Å²) in [7, 11) is 3.95. The van der Waals surface area contributed by atoms with Gasteiger partial charge in [-0.25, -0.2) is 0 Å². The van der Waals surface area contributed by atoms with Crippen molar-refractivity contribution in [2.75, 3.05) is 20.6 Å². The number of nitrogens with one attached hydrogen (secondary N) is 2. The maximum atomic E-state index is 3.26. The number of rotatable bonds is 4. The molecule has 1 rings (SSSR count). The highest BCUT2D eigenvalue weighted by atomic mass is 14.9. The minimum atomic E-state index is 0.413. The summed E-state index contributed by atoms with van der Waals surface area (Å²) in [5.74, 6) is 0. The highest BCUT2D eigenvalue weighted by molar-refractivity contribution is 5.18. The molecule has 0 heterocycles. The maximum absolute atomic E-state index is 3.26. The van der Waals surface area contributed by atoms with E-state index in [2.05, 4.69) is 34.9 Å². The van der Waals surface area contributed by atoms with Crippen molar-refractivity contribution in [2.24, 2.45) is 0 Å². The lowest BCUT2D eigenvalue weighted by molar-refractivity contribution is 0.558. The van der Waals surface area contributed by atoms with E-state index in [-0.39, 0.29) is 0 Å². The largest absolute Gasteiger partial charge is 0.318 e. The van der Waals surface area contributed by atoms with Crippen LogP contribution >= 0.6 is 0 Å². The molecule has 0 unspecified atom stereocenters. The quantitative estimate of drug-likeness (QED) is 0.698. The van der Waals surface area contributed by atoms with Crippen LogP contribution in [0.3, 0.4) is 0 Å². The molecule has 66 valence electrons. The van der Waals surface area contributed by atoms with Gasteiger partial charge in [0.1, 0.15) is 0 Å². The Bertz CT molecular complexity index is 208. The molecule has 0 amide bonds. The van der Waals surface area contributed by atoms with Crippen molar-refractivity contribution < 1.29 is 0 Å². The van der Waals surface area contributed by atoms with E-state index in [1.807, 2.05) is 20.2 Å². The third kappa shape index (κ3) is 2.32. The predicted molar refractivity (Wildman–Crippen MR) is 52.2 cm³/mol.